The lowest BCUT2D eigenvalue weighted by Crippen LogP contribution is -2.42. The minimum absolute atomic E-state index is 0. The molecule has 1 atom stereocenters. The summed E-state index contributed by atoms with van der Waals surface area (Å²) in [5, 5.41) is 3.04. The second-order valence-corrected chi connectivity index (χ2v) is 5.51. The van der Waals surface area contributed by atoms with E-state index in [0.717, 1.165) is 29.9 Å². The molecular weight excluding hydrogens is 268 g/mol. The van der Waals surface area contributed by atoms with Crippen molar-refractivity contribution < 1.29 is 4.79 Å². The molecule has 2 rings (SSSR count). The molecule has 1 aromatic rings. The lowest BCUT2D eigenvalue weighted by Gasteiger charge is -2.24. The van der Waals surface area contributed by atoms with Gasteiger partial charge in [-0.1, -0.05) is 30.3 Å². The Balaban J connectivity index is 0.00000162. The molecule has 0 bridgehead atoms. The van der Waals surface area contributed by atoms with Crippen LogP contribution in [0.5, 0.6) is 0 Å². The van der Waals surface area contributed by atoms with Crippen molar-refractivity contribution in [2.24, 2.45) is 5.73 Å². The zero-order valence-electron chi connectivity index (χ0n) is 10.2. The van der Waals surface area contributed by atoms with Gasteiger partial charge in [-0.2, -0.15) is 11.8 Å². The van der Waals surface area contributed by atoms with Crippen molar-refractivity contribution in [3.05, 3.63) is 35.9 Å². The SMILES string of the molecule is Cl.NC(C(=O)NC1CCSCC1)c1ccccc1. The fourth-order valence-electron chi connectivity index (χ4n) is 1.94. The van der Waals surface area contributed by atoms with Gasteiger partial charge in [-0.15, -0.1) is 12.4 Å². The standard InChI is InChI=1S/C13H18N2OS.ClH/c14-12(10-4-2-1-3-5-10)13(16)15-11-6-8-17-9-7-11;/h1-5,11-12H,6-9,14H2,(H,15,16);1H. The normalized spacial score (nSPS) is 17.6. The predicted molar refractivity (Wildman–Crippen MR) is 79.1 cm³/mol. The Morgan fingerprint density at radius 2 is 1.89 bits per heavy atom. The third kappa shape index (κ3) is 4.19. The van der Waals surface area contributed by atoms with Crippen LogP contribution < -0.4 is 11.1 Å². The molecule has 0 spiro atoms. The van der Waals surface area contributed by atoms with Gasteiger partial charge >= 0.3 is 0 Å². The van der Waals surface area contributed by atoms with Gasteiger partial charge in [0.2, 0.25) is 5.91 Å². The third-order valence-corrected chi connectivity index (χ3v) is 4.06. The molecule has 1 amide bonds. The number of hydrogen-bond acceptors (Lipinski definition) is 3. The van der Waals surface area contributed by atoms with E-state index >= 15 is 0 Å². The summed E-state index contributed by atoms with van der Waals surface area (Å²) in [6, 6.07) is 9.26. The second-order valence-electron chi connectivity index (χ2n) is 4.28. The van der Waals surface area contributed by atoms with Crippen LogP contribution >= 0.6 is 24.2 Å². The molecule has 1 aromatic carbocycles. The minimum atomic E-state index is -0.550. The lowest BCUT2D eigenvalue weighted by molar-refractivity contribution is -0.123. The highest BCUT2D eigenvalue weighted by atomic mass is 35.5. The van der Waals surface area contributed by atoms with Gasteiger partial charge in [-0.05, 0) is 29.9 Å². The molecule has 0 saturated carbocycles. The van der Waals surface area contributed by atoms with Crippen molar-refractivity contribution in [1.82, 2.24) is 5.32 Å². The number of nitrogens with one attached hydrogen (secondary N) is 1. The van der Waals surface area contributed by atoms with Crippen molar-refractivity contribution in [1.29, 1.82) is 0 Å². The Kier molecular flexibility index (Phi) is 6.54. The summed E-state index contributed by atoms with van der Waals surface area (Å²) in [6.45, 7) is 0. The average molecular weight is 287 g/mol. The smallest absolute Gasteiger partial charge is 0.241 e. The Bertz CT molecular complexity index is 369. The van der Waals surface area contributed by atoms with Crippen molar-refractivity contribution in [3.63, 3.8) is 0 Å². The van der Waals surface area contributed by atoms with E-state index in [2.05, 4.69) is 5.32 Å². The van der Waals surface area contributed by atoms with Gasteiger partial charge in [0.1, 0.15) is 6.04 Å². The summed E-state index contributed by atoms with van der Waals surface area (Å²) in [7, 11) is 0. The monoisotopic (exact) mass is 286 g/mol. The maximum atomic E-state index is 12.0. The van der Waals surface area contributed by atoms with Crippen molar-refractivity contribution in [2.75, 3.05) is 11.5 Å². The maximum absolute atomic E-state index is 12.0. The van der Waals surface area contributed by atoms with E-state index in [9.17, 15) is 4.79 Å². The maximum Gasteiger partial charge on any atom is 0.241 e. The second kappa shape index (κ2) is 7.67. The van der Waals surface area contributed by atoms with Crippen molar-refractivity contribution in [3.8, 4) is 0 Å². The summed E-state index contributed by atoms with van der Waals surface area (Å²) >= 11 is 1.95. The van der Waals surface area contributed by atoms with E-state index in [0.29, 0.717) is 6.04 Å². The first-order valence-corrected chi connectivity index (χ1v) is 7.11. The fourth-order valence-corrected chi connectivity index (χ4v) is 3.05. The van der Waals surface area contributed by atoms with Gasteiger partial charge in [0, 0.05) is 6.04 Å². The third-order valence-electron chi connectivity index (χ3n) is 3.01. The summed E-state index contributed by atoms with van der Waals surface area (Å²) in [5.41, 5.74) is 6.81. The molecule has 1 aliphatic heterocycles. The number of thioether (sulfide) groups is 1. The molecule has 5 heteroatoms. The number of amides is 1. The number of carbonyl (C=O) groups is 1. The van der Waals surface area contributed by atoms with Gasteiger partial charge in [0.15, 0.2) is 0 Å². The Hall–Kier alpha value is -0.710. The van der Waals surface area contributed by atoms with Gasteiger partial charge in [0.05, 0.1) is 0 Å². The fraction of sp³-hybridized carbons (Fsp3) is 0.462. The zero-order chi connectivity index (χ0) is 12.1. The van der Waals surface area contributed by atoms with Crippen LogP contribution in [0.1, 0.15) is 24.4 Å². The van der Waals surface area contributed by atoms with Crippen LogP contribution in [0.3, 0.4) is 0 Å². The molecule has 0 aliphatic carbocycles. The van der Waals surface area contributed by atoms with Gasteiger partial charge < -0.3 is 11.1 Å². The number of rotatable bonds is 3. The molecule has 1 fully saturated rings. The van der Waals surface area contributed by atoms with E-state index in [4.69, 9.17) is 5.73 Å². The number of carbonyl (C=O) groups excluding carboxylic acids is 1. The molecule has 3 nitrogen and oxygen atoms in total. The molecule has 1 aliphatic rings. The highest BCUT2D eigenvalue weighted by Gasteiger charge is 2.20. The molecular formula is C13H19ClN2OS. The zero-order valence-corrected chi connectivity index (χ0v) is 11.8. The van der Waals surface area contributed by atoms with Crippen LogP contribution in [0.2, 0.25) is 0 Å². The van der Waals surface area contributed by atoms with E-state index < -0.39 is 6.04 Å². The highest BCUT2D eigenvalue weighted by molar-refractivity contribution is 7.99. The number of nitrogens with two attached hydrogens (primary N) is 1. The van der Waals surface area contributed by atoms with Crippen LogP contribution in [-0.2, 0) is 4.79 Å². The van der Waals surface area contributed by atoms with Crippen molar-refractivity contribution in [2.45, 2.75) is 24.9 Å². The molecule has 1 heterocycles. The molecule has 0 radical (unpaired) electrons. The van der Waals surface area contributed by atoms with Crippen LogP contribution in [-0.4, -0.2) is 23.5 Å². The average Bonchev–Trinajstić information content (AvgIpc) is 2.40. The molecule has 3 N–H and O–H groups in total. The lowest BCUT2D eigenvalue weighted by atomic mass is 10.1. The van der Waals surface area contributed by atoms with Crippen LogP contribution in [0.15, 0.2) is 30.3 Å². The Morgan fingerprint density at radius 1 is 1.28 bits per heavy atom. The first kappa shape index (κ1) is 15.3. The first-order valence-electron chi connectivity index (χ1n) is 5.96. The van der Waals surface area contributed by atoms with E-state index in [1.807, 2.05) is 42.1 Å². The molecule has 1 unspecified atom stereocenters. The van der Waals surface area contributed by atoms with E-state index in [-0.39, 0.29) is 18.3 Å². The van der Waals surface area contributed by atoms with Gasteiger partial charge in [-0.3, -0.25) is 4.79 Å². The molecule has 0 aromatic heterocycles. The molecule has 18 heavy (non-hydrogen) atoms. The minimum Gasteiger partial charge on any atom is -0.352 e. The first-order chi connectivity index (χ1) is 8.27. The Labute approximate surface area is 118 Å². The van der Waals surface area contributed by atoms with Crippen LogP contribution in [0.4, 0.5) is 0 Å². The number of benzene rings is 1. The molecule has 100 valence electrons. The van der Waals surface area contributed by atoms with E-state index in [1.165, 1.54) is 0 Å². The summed E-state index contributed by atoms with van der Waals surface area (Å²) in [4.78, 5) is 12.0. The largest absolute Gasteiger partial charge is 0.352 e. The highest BCUT2D eigenvalue weighted by Crippen LogP contribution is 2.18. The summed E-state index contributed by atoms with van der Waals surface area (Å²) < 4.78 is 0. The number of hydrogen-bond donors (Lipinski definition) is 2. The molecule has 1 saturated heterocycles. The van der Waals surface area contributed by atoms with E-state index in [1.54, 1.807) is 0 Å². The number of halogens is 1. The Morgan fingerprint density at radius 3 is 2.50 bits per heavy atom. The predicted octanol–water partition coefficient (Wildman–Crippen LogP) is 2.12. The van der Waals surface area contributed by atoms with Gasteiger partial charge in [-0.25, -0.2) is 0 Å². The van der Waals surface area contributed by atoms with Crippen LogP contribution in [0, 0.1) is 0 Å². The van der Waals surface area contributed by atoms with Crippen LogP contribution in [0.25, 0.3) is 0 Å². The van der Waals surface area contributed by atoms with Gasteiger partial charge in [0.25, 0.3) is 0 Å². The van der Waals surface area contributed by atoms with Crippen molar-refractivity contribution >= 4 is 30.1 Å². The summed E-state index contributed by atoms with van der Waals surface area (Å²) in [5.74, 6) is 2.20. The topological polar surface area (TPSA) is 55.1 Å². The quantitative estimate of drug-likeness (QED) is 0.895. The summed E-state index contributed by atoms with van der Waals surface area (Å²) in [6.07, 6.45) is 2.11.